The standard InChI is InChI=1S/C29H37N5O4/c1-18(19-9-11-37-12-10-19)38-23-8-4-6-21(14-23)20-5-3-7-22(13-20)33-28(26(16-30)29(35)36)25-15-24(25)27(31)17-34(2)32/h3-8,13-14,16-19,24-25,30,33H,9-12,15,31-32H2,1-2H3,(H,35,36)/b27-17-,28-26+,30-16?. The van der Waals surface area contributed by atoms with E-state index in [4.69, 9.17) is 26.5 Å². The molecule has 1 aliphatic heterocycles. The van der Waals surface area contributed by atoms with Crippen molar-refractivity contribution in [1.82, 2.24) is 5.01 Å². The van der Waals surface area contributed by atoms with Gasteiger partial charge in [0.2, 0.25) is 0 Å². The first kappa shape index (κ1) is 27.2. The van der Waals surface area contributed by atoms with E-state index < -0.39 is 5.97 Å². The highest BCUT2D eigenvalue weighted by Gasteiger charge is 2.44. The zero-order valence-electron chi connectivity index (χ0n) is 21.9. The molecule has 202 valence electrons. The molecule has 3 atom stereocenters. The van der Waals surface area contributed by atoms with Gasteiger partial charge < -0.3 is 36.0 Å². The average Bonchev–Trinajstić information content (AvgIpc) is 3.70. The Hall–Kier alpha value is -3.82. The van der Waals surface area contributed by atoms with E-state index in [1.165, 1.54) is 5.01 Å². The number of anilines is 1. The minimum Gasteiger partial charge on any atom is -0.490 e. The lowest BCUT2D eigenvalue weighted by atomic mass is 9.95. The van der Waals surface area contributed by atoms with E-state index in [9.17, 15) is 9.90 Å². The number of benzene rings is 2. The Labute approximate surface area is 223 Å². The van der Waals surface area contributed by atoms with E-state index in [1.54, 1.807) is 13.2 Å². The highest BCUT2D eigenvalue weighted by atomic mass is 16.5. The molecule has 4 rings (SSSR count). The molecular weight excluding hydrogens is 482 g/mol. The number of hydrazine groups is 1. The zero-order chi connectivity index (χ0) is 27.2. The number of hydrogen-bond donors (Lipinski definition) is 5. The van der Waals surface area contributed by atoms with E-state index in [-0.39, 0.29) is 23.5 Å². The number of rotatable bonds is 11. The van der Waals surface area contributed by atoms with Gasteiger partial charge in [0, 0.05) is 61.6 Å². The van der Waals surface area contributed by atoms with Gasteiger partial charge in [-0.25, -0.2) is 10.6 Å². The van der Waals surface area contributed by atoms with Crippen molar-refractivity contribution in [3.63, 3.8) is 0 Å². The van der Waals surface area contributed by atoms with Gasteiger partial charge in [-0.05, 0) is 67.5 Å². The van der Waals surface area contributed by atoms with Gasteiger partial charge in [-0.15, -0.1) is 0 Å². The average molecular weight is 520 g/mol. The first-order chi connectivity index (χ1) is 18.3. The van der Waals surface area contributed by atoms with Crippen molar-refractivity contribution in [2.75, 3.05) is 25.6 Å². The van der Waals surface area contributed by atoms with Crippen LogP contribution in [0.15, 0.2) is 71.7 Å². The minimum atomic E-state index is -1.16. The number of carboxylic acid groups (broad SMARTS) is 1. The lowest BCUT2D eigenvalue weighted by Gasteiger charge is -2.28. The summed E-state index contributed by atoms with van der Waals surface area (Å²) in [5, 5.41) is 22.1. The van der Waals surface area contributed by atoms with Crippen molar-refractivity contribution < 1.29 is 19.4 Å². The third-order valence-electron chi connectivity index (χ3n) is 7.17. The second kappa shape index (κ2) is 12.1. The van der Waals surface area contributed by atoms with Crippen LogP contribution in [0.3, 0.4) is 0 Å². The molecule has 0 aromatic heterocycles. The van der Waals surface area contributed by atoms with Gasteiger partial charge in [0.15, 0.2) is 0 Å². The normalized spacial score (nSPS) is 21.2. The molecule has 1 saturated carbocycles. The summed E-state index contributed by atoms with van der Waals surface area (Å²) in [6.45, 7) is 3.68. The molecular formula is C29H37N5O4. The van der Waals surface area contributed by atoms with Crippen molar-refractivity contribution in [3.8, 4) is 16.9 Å². The molecule has 3 unspecified atom stereocenters. The van der Waals surface area contributed by atoms with Crippen LogP contribution in [0.1, 0.15) is 26.2 Å². The number of nitrogens with zero attached hydrogens (tertiary/aromatic N) is 1. The first-order valence-electron chi connectivity index (χ1n) is 12.9. The summed E-state index contributed by atoms with van der Waals surface area (Å²) >= 11 is 0. The Morgan fingerprint density at radius 3 is 2.53 bits per heavy atom. The van der Waals surface area contributed by atoms with E-state index in [0.29, 0.717) is 23.7 Å². The highest BCUT2D eigenvalue weighted by Crippen LogP contribution is 2.48. The number of allylic oxidation sites excluding steroid dienone is 2. The van der Waals surface area contributed by atoms with E-state index in [1.807, 2.05) is 48.5 Å². The monoisotopic (exact) mass is 519 g/mol. The number of aliphatic carboxylic acids is 1. The van der Waals surface area contributed by atoms with Gasteiger partial charge in [-0.1, -0.05) is 24.3 Å². The molecule has 2 aliphatic rings. The molecule has 0 bridgehead atoms. The van der Waals surface area contributed by atoms with E-state index >= 15 is 0 Å². The predicted octanol–water partition coefficient (Wildman–Crippen LogP) is 4.19. The Morgan fingerprint density at radius 1 is 1.18 bits per heavy atom. The second-order valence-electron chi connectivity index (χ2n) is 10.0. The minimum absolute atomic E-state index is 0.0486. The van der Waals surface area contributed by atoms with Gasteiger partial charge in [0.1, 0.15) is 5.75 Å². The summed E-state index contributed by atoms with van der Waals surface area (Å²) in [6, 6.07) is 15.8. The summed E-state index contributed by atoms with van der Waals surface area (Å²) in [7, 11) is 1.68. The highest BCUT2D eigenvalue weighted by molar-refractivity contribution is 6.09. The smallest absolute Gasteiger partial charge is 0.339 e. The Balaban J connectivity index is 1.54. The van der Waals surface area contributed by atoms with Crippen LogP contribution in [0.5, 0.6) is 5.75 Å². The Morgan fingerprint density at radius 2 is 1.87 bits per heavy atom. The summed E-state index contributed by atoms with van der Waals surface area (Å²) in [4.78, 5) is 11.9. The molecule has 0 spiro atoms. The third-order valence-corrected chi connectivity index (χ3v) is 7.17. The molecule has 1 aliphatic carbocycles. The molecule has 0 amide bonds. The van der Waals surface area contributed by atoms with Crippen molar-refractivity contribution in [1.29, 1.82) is 5.41 Å². The van der Waals surface area contributed by atoms with E-state index in [2.05, 4.69) is 12.2 Å². The van der Waals surface area contributed by atoms with Gasteiger partial charge in [-0.2, -0.15) is 0 Å². The van der Waals surface area contributed by atoms with Crippen molar-refractivity contribution in [2.45, 2.75) is 32.3 Å². The predicted molar refractivity (Wildman–Crippen MR) is 148 cm³/mol. The molecule has 38 heavy (non-hydrogen) atoms. The van der Waals surface area contributed by atoms with Crippen LogP contribution in [-0.4, -0.2) is 48.7 Å². The van der Waals surface area contributed by atoms with Crippen LogP contribution in [-0.2, 0) is 9.53 Å². The Bertz CT molecular complexity index is 1220. The molecule has 9 heteroatoms. The summed E-state index contributed by atoms with van der Waals surface area (Å²) in [5.41, 5.74) is 9.81. The van der Waals surface area contributed by atoms with Crippen LogP contribution in [0, 0.1) is 23.2 Å². The lowest BCUT2D eigenvalue weighted by Crippen LogP contribution is -2.29. The van der Waals surface area contributed by atoms with E-state index in [0.717, 1.165) is 54.8 Å². The maximum atomic E-state index is 11.9. The van der Waals surface area contributed by atoms with Gasteiger partial charge in [-0.3, -0.25) is 0 Å². The summed E-state index contributed by atoms with van der Waals surface area (Å²) in [6.07, 6.45) is 5.28. The number of hydrogen-bond acceptors (Lipinski definition) is 8. The molecule has 2 aromatic rings. The Kier molecular flexibility index (Phi) is 8.70. The largest absolute Gasteiger partial charge is 0.490 e. The zero-order valence-corrected chi connectivity index (χ0v) is 21.9. The SMILES string of the molecule is CC(Oc1cccc(-c2cccc(N/C(=C(\C=N)C(=O)O)C3CC3/C(N)=C/N(C)N)c2)c1)C1CCOCC1. The number of carbonyl (C=O) groups is 1. The maximum absolute atomic E-state index is 11.9. The second-order valence-corrected chi connectivity index (χ2v) is 10.0. The molecule has 0 radical (unpaired) electrons. The lowest BCUT2D eigenvalue weighted by molar-refractivity contribution is -0.132. The fourth-order valence-electron chi connectivity index (χ4n) is 5.00. The molecule has 2 fully saturated rings. The maximum Gasteiger partial charge on any atom is 0.339 e. The fraction of sp³-hybridized carbons (Fsp3) is 0.379. The number of ether oxygens (including phenoxy) is 2. The molecule has 7 N–H and O–H groups in total. The molecule has 1 saturated heterocycles. The van der Waals surface area contributed by atoms with Crippen LogP contribution in [0.25, 0.3) is 11.1 Å². The van der Waals surface area contributed by atoms with Gasteiger partial charge in [0.25, 0.3) is 0 Å². The van der Waals surface area contributed by atoms with Crippen molar-refractivity contribution in [3.05, 3.63) is 71.7 Å². The van der Waals surface area contributed by atoms with Gasteiger partial charge in [0.05, 0.1) is 11.7 Å². The van der Waals surface area contributed by atoms with Crippen LogP contribution in [0.2, 0.25) is 0 Å². The molecule has 1 heterocycles. The number of nitrogens with one attached hydrogen (secondary N) is 2. The third kappa shape index (κ3) is 6.73. The van der Waals surface area contributed by atoms with Crippen LogP contribution in [0.4, 0.5) is 5.69 Å². The molecule has 2 aromatic carbocycles. The number of carboxylic acids is 1. The summed E-state index contributed by atoms with van der Waals surface area (Å²) in [5.74, 6) is 5.62. The quantitative estimate of drug-likeness (QED) is 0.129. The first-order valence-corrected chi connectivity index (χ1v) is 12.9. The topological polar surface area (TPSA) is 147 Å². The van der Waals surface area contributed by atoms with Gasteiger partial charge >= 0.3 is 5.97 Å². The van der Waals surface area contributed by atoms with Crippen LogP contribution >= 0.6 is 0 Å². The summed E-state index contributed by atoms with van der Waals surface area (Å²) < 4.78 is 11.8. The fourth-order valence-corrected chi connectivity index (χ4v) is 5.00. The van der Waals surface area contributed by atoms with Crippen molar-refractivity contribution in [2.24, 2.45) is 29.3 Å². The number of nitrogens with two attached hydrogens (primary N) is 2. The van der Waals surface area contributed by atoms with Crippen LogP contribution < -0.4 is 21.6 Å². The molecule has 9 nitrogen and oxygen atoms in total. The van der Waals surface area contributed by atoms with Crippen molar-refractivity contribution >= 4 is 17.9 Å².